The predicted octanol–water partition coefficient (Wildman–Crippen LogP) is -3.25. The maximum absolute atomic E-state index is 7.91. The maximum atomic E-state index is 7.91. The van der Waals surface area contributed by atoms with Crippen LogP contribution in [0.25, 0.3) is 0 Å². The van der Waals surface area contributed by atoms with Crippen LogP contribution in [0.4, 0.5) is 0 Å². The van der Waals surface area contributed by atoms with Gasteiger partial charge in [-0.05, 0) is 0 Å². The molecule has 0 spiro atoms. The van der Waals surface area contributed by atoms with Gasteiger partial charge in [0.2, 0.25) is 0 Å². The first-order chi connectivity index (χ1) is 2.64. The molecule has 0 amide bonds. The molecule has 1 unspecified atom stereocenters. The average Bonchev–Trinajstić information content (AvgIpc) is 1.36. The molecule has 0 aliphatic heterocycles. The van der Waals surface area contributed by atoms with Gasteiger partial charge in [-0.15, -0.1) is 0 Å². The van der Waals surface area contributed by atoms with Gasteiger partial charge >= 0.3 is 0 Å². The molecule has 0 rings (SSSR count). The van der Waals surface area contributed by atoms with Crippen molar-refractivity contribution < 1.29 is 20.8 Å². The molecule has 0 bridgehead atoms. The molecule has 7 heavy (non-hydrogen) atoms. The smallest absolute Gasteiger partial charge is 0.191 e. The second kappa shape index (κ2) is 3.97. The van der Waals surface area contributed by atoms with E-state index in [0.717, 1.165) is 0 Å². The van der Waals surface area contributed by atoms with Crippen molar-refractivity contribution in [3.8, 4) is 0 Å². The molecule has 5 nitrogen and oxygen atoms in total. The Labute approximate surface area is 40.3 Å². The van der Waals surface area contributed by atoms with Gasteiger partial charge in [0.15, 0.2) is 12.5 Å². The van der Waals surface area contributed by atoms with Crippen LogP contribution in [-0.2, 0) is 0 Å². The SMILES string of the molecule is NC(O)C(O)O.O. The second-order valence-corrected chi connectivity index (χ2v) is 0.904. The lowest BCUT2D eigenvalue weighted by atomic mass is 10.6. The molecule has 0 aliphatic carbocycles. The monoisotopic (exact) mass is 111 g/mol. The van der Waals surface area contributed by atoms with E-state index in [9.17, 15) is 0 Å². The Morgan fingerprint density at radius 3 is 1.29 bits per heavy atom. The third kappa shape index (κ3) is 5.80. The zero-order valence-electron chi connectivity index (χ0n) is 3.57. The molecule has 0 fully saturated rings. The van der Waals surface area contributed by atoms with Gasteiger partial charge in [-0.2, -0.15) is 0 Å². The van der Waals surface area contributed by atoms with Crippen molar-refractivity contribution in [2.24, 2.45) is 5.73 Å². The fourth-order valence-corrected chi connectivity index (χ4v) is 0. The Morgan fingerprint density at radius 2 is 1.29 bits per heavy atom. The number of hydrogen-bond acceptors (Lipinski definition) is 4. The summed E-state index contributed by atoms with van der Waals surface area (Å²) in [6, 6.07) is 0. The van der Waals surface area contributed by atoms with Crippen LogP contribution < -0.4 is 5.73 Å². The first kappa shape index (κ1) is 9.93. The van der Waals surface area contributed by atoms with E-state index in [-0.39, 0.29) is 5.48 Å². The lowest BCUT2D eigenvalue weighted by Crippen LogP contribution is -2.33. The molecule has 0 aromatic heterocycles. The second-order valence-electron chi connectivity index (χ2n) is 0.904. The van der Waals surface area contributed by atoms with Crippen molar-refractivity contribution in [1.82, 2.24) is 0 Å². The highest BCUT2D eigenvalue weighted by atomic mass is 16.5. The summed E-state index contributed by atoms with van der Waals surface area (Å²) < 4.78 is 0. The van der Waals surface area contributed by atoms with Crippen LogP contribution >= 0.6 is 0 Å². The Balaban J connectivity index is 0. The van der Waals surface area contributed by atoms with Gasteiger partial charge < -0.3 is 26.5 Å². The third-order valence-corrected chi connectivity index (χ3v) is 0.305. The lowest BCUT2D eigenvalue weighted by molar-refractivity contribution is -0.119. The Bertz CT molecular complexity index is 30.7. The molecule has 46 valence electrons. The van der Waals surface area contributed by atoms with Crippen LogP contribution in [-0.4, -0.2) is 33.3 Å². The molecule has 5 heteroatoms. The first-order valence-corrected chi connectivity index (χ1v) is 1.44. The number of aliphatic hydroxyl groups excluding tert-OH is 2. The quantitative estimate of drug-likeness (QED) is 0.266. The summed E-state index contributed by atoms with van der Waals surface area (Å²) in [5.74, 6) is 0. The summed E-state index contributed by atoms with van der Waals surface area (Å²) in [5, 5.41) is 23.5. The Kier molecular flexibility index (Phi) is 5.63. The third-order valence-electron chi connectivity index (χ3n) is 0.305. The van der Waals surface area contributed by atoms with E-state index < -0.39 is 12.5 Å². The Hall–Kier alpha value is -0.200. The molecule has 1 atom stereocenters. The summed E-state index contributed by atoms with van der Waals surface area (Å²) in [7, 11) is 0. The van der Waals surface area contributed by atoms with E-state index in [2.05, 4.69) is 5.73 Å². The van der Waals surface area contributed by atoms with Crippen molar-refractivity contribution in [3.63, 3.8) is 0 Å². The number of rotatable bonds is 1. The topological polar surface area (TPSA) is 118 Å². The van der Waals surface area contributed by atoms with Crippen molar-refractivity contribution in [2.45, 2.75) is 12.5 Å². The number of aliphatic hydroxyl groups is 3. The van der Waals surface area contributed by atoms with Gasteiger partial charge in [0.1, 0.15) is 0 Å². The summed E-state index contributed by atoms with van der Waals surface area (Å²) in [5.41, 5.74) is 4.49. The zero-order chi connectivity index (χ0) is 5.15. The minimum Gasteiger partial charge on any atom is -0.412 e. The van der Waals surface area contributed by atoms with E-state index in [4.69, 9.17) is 15.3 Å². The molecular formula is C2H9NO4. The molecular weight excluding hydrogens is 102 g/mol. The van der Waals surface area contributed by atoms with Gasteiger partial charge in [0.25, 0.3) is 0 Å². The van der Waals surface area contributed by atoms with E-state index >= 15 is 0 Å². The summed E-state index contributed by atoms with van der Waals surface area (Å²) in [6.45, 7) is 0. The summed E-state index contributed by atoms with van der Waals surface area (Å²) in [4.78, 5) is 0. The summed E-state index contributed by atoms with van der Waals surface area (Å²) in [6.07, 6.45) is -3.35. The van der Waals surface area contributed by atoms with Crippen LogP contribution in [0.1, 0.15) is 0 Å². The van der Waals surface area contributed by atoms with Crippen LogP contribution in [0.2, 0.25) is 0 Å². The van der Waals surface area contributed by atoms with Crippen LogP contribution in [0.15, 0.2) is 0 Å². The number of hydrogen-bond donors (Lipinski definition) is 4. The van der Waals surface area contributed by atoms with E-state index in [0.29, 0.717) is 0 Å². The fraction of sp³-hybridized carbons (Fsp3) is 1.00. The van der Waals surface area contributed by atoms with Gasteiger partial charge in [0.05, 0.1) is 0 Å². The standard InChI is InChI=1S/C2H7NO3.H2O/c3-1(4)2(5)6;/h1-2,4-6H,3H2;1H2. The first-order valence-electron chi connectivity index (χ1n) is 1.44. The molecule has 0 saturated carbocycles. The predicted molar refractivity (Wildman–Crippen MR) is 22.0 cm³/mol. The van der Waals surface area contributed by atoms with Crippen molar-refractivity contribution in [1.29, 1.82) is 0 Å². The highest BCUT2D eigenvalue weighted by molar-refractivity contribution is 4.39. The molecule has 0 saturated heterocycles. The van der Waals surface area contributed by atoms with Crippen molar-refractivity contribution in [3.05, 3.63) is 0 Å². The largest absolute Gasteiger partial charge is 0.412 e. The maximum Gasteiger partial charge on any atom is 0.191 e. The minimum absolute atomic E-state index is 0. The molecule has 0 heterocycles. The highest BCUT2D eigenvalue weighted by Crippen LogP contribution is 1.73. The lowest BCUT2D eigenvalue weighted by Gasteiger charge is -2.02. The van der Waals surface area contributed by atoms with E-state index in [1.54, 1.807) is 0 Å². The van der Waals surface area contributed by atoms with Crippen LogP contribution in [0, 0.1) is 0 Å². The normalized spacial score (nSPS) is 13.3. The summed E-state index contributed by atoms with van der Waals surface area (Å²) >= 11 is 0. The van der Waals surface area contributed by atoms with E-state index in [1.165, 1.54) is 0 Å². The van der Waals surface area contributed by atoms with Crippen molar-refractivity contribution in [2.75, 3.05) is 0 Å². The molecule has 0 radical (unpaired) electrons. The van der Waals surface area contributed by atoms with Crippen LogP contribution in [0.3, 0.4) is 0 Å². The van der Waals surface area contributed by atoms with Gasteiger partial charge in [-0.25, -0.2) is 0 Å². The Morgan fingerprint density at radius 1 is 1.14 bits per heavy atom. The molecule has 0 aromatic carbocycles. The van der Waals surface area contributed by atoms with Crippen LogP contribution in [0.5, 0.6) is 0 Å². The van der Waals surface area contributed by atoms with Gasteiger partial charge in [-0.3, -0.25) is 0 Å². The molecule has 0 aliphatic rings. The van der Waals surface area contributed by atoms with E-state index in [1.807, 2.05) is 0 Å². The zero-order valence-corrected chi connectivity index (χ0v) is 3.57. The minimum atomic E-state index is -1.81. The fourth-order valence-electron chi connectivity index (χ4n) is 0. The average molecular weight is 111 g/mol. The molecule has 7 N–H and O–H groups in total. The van der Waals surface area contributed by atoms with Crippen molar-refractivity contribution >= 4 is 0 Å². The number of nitrogens with two attached hydrogens (primary N) is 1. The highest BCUT2D eigenvalue weighted by Gasteiger charge is 2.02. The van der Waals surface area contributed by atoms with Gasteiger partial charge in [-0.1, -0.05) is 0 Å². The molecule has 0 aromatic rings. The van der Waals surface area contributed by atoms with Gasteiger partial charge in [0, 0.05) is 0 Å².